The Morgan fingerprint density at radius 3 is 2.05 bits per heavy atom. The number of hydrogen-bond donors (Lipinski definition) is 1. The molecule has 0 heterocycles. The first-order valence-electron chi connectivity index (χ1n) is 5.08. The van der Waals surface area contributed by atoms with Crippen molar-refractivity contribution in [2.45, 2.75) is 0 Å². The van der Waals surface area contributed by atoms with E-state index in [0.29, 0.717) is 12.1 Å². The van der Waals surface area contributed by atoms with Crippen LogP contribution in [0.1, 0.15) is 10.4 Å². The van der Waals surface area contributed by atoms with Crippen molar-refractivity contribution in [2.75, 3.05) is 0 Å². The van der Waals surface area contributed by atoms with Crippen LogP contribution in [-0.4, -0.2) is 11.1 Å². The van der Waals surface area contributed by atoms with Gasteiger partial charge in [-0.2, -0.15) is 0 Å². The third-order valence-electron chi connectivity index (χ3n) is 2.52. The normalized spacial score (nSPS) is 10.5. The molecule has 0 saturated carbocycles. The van der Waals surface area contributed by atoms with E-state index in [1.54, 1.807) is 0 Å². The van der Waals surface area contributed by atoms with Gasteiger partial charge in [0.25, 0.3) is 0 Å². The van der Waals surface area contributed by atoms with Crippen LogP contribution in [0.4, 0.5) is 17.6 Å². The molecule has 0 saturated heterocycles. The van der Waals surface area contributed by atoms with Crippen molar-refractivity contribution in [1.82, 2.24) is 0 Å². The summed E-state index contributed by atoms with van der Waals surface area (Å²) in [5, 5.41) is 8.74. The average Bonchev–Trinajstić information content (AvgIpc) is 2.35. The van der Waals surface area contributed by atoms with Crippen molar-refractivity contribution in [3.8, 4) is 11.1 Å². The molecular formula is C13H6F4O2. The van der Waals surface area contributed by atoms with E-state index in [0.717, 1.165) is 12.1 Å². The predicted molar refractivity (Wildman–Crippen MR) is 58.7 cm³/mol. The van der Waals surface area contributed by atoms with Crippen molar-refractivity contribution < 1.29 is 27.5 Å². The molecule has 0 unspecified atom stereocenters. The van der Waals surface area contributed by atoms with Crippen LogP contribution < -0.4 is 0 Å². The van der Waals surface area contributed by atoms with Crippen LogP contribution >= 0.6 is 0 Å². The third kappa shape index (κ3) is 2.29. The molecule has 0 fully saturated rings. The van der Waals surface area contributed by atoms with Crippen LogP contribution in [0.3, 0.4) is 0 Å². The van der Waals surface area contributed by atoms with Gasteiger partial charge in [0.1, 0.15) is 5.82 Å². The number of carboxylic acids is 1. The second-order valence-corrected chi connectivity index (χ2v) is 3.73. The second-order valence-electron chi connectivity index (χ2n) is 3.73. The zero-order valence-corrected chi connectivity index (χ0v) is 9.25. The Bertz CT molecular complexity index is 645. The van der Waals surface area contributed by atoms with Gasteiger partial charge in [0, 0.05) is 5.56 Å². The van der Waals surface area contributed by atoms with Crippen molar-refractivity contribution in [3.05, 3.63) is 59.2 Å². The molecule has 6 heteroatoms. The third-order valence-corrected chi connectivity index (χ3v) is 2.52. The van der Waals surface area contributed by atoms with Gasteiger partial charge in [-0.1, -0.05) is 12.1 Å². The Kier molecular flexibility index (Phi) is 3.25. The van der Waals surface area contributed by atoms with Crippen LogP contribution in [0.2, 0.25) is 0 Å². The molecule has 2 nitrogen and oxygen atoms in total. The summed E-state index contributed by atoms with van der Waals surface area (Å²) in [4.78, 5) is 10.7. The molecule has 0 atom stereocenters. The Morgan fingerprint density at radius 2 is 1.53 bits per heavy atom. The van der Waals surface area contributed by atoms with E-state index in [9.17, 15) is 22.4 Å². The highest BCUT2D eigenvalue weighted by Crippen LogP contribution is 2.27. The topological polar surface area (TPSA) is 37.3 Å². The molecule has 0 radical (unpaired) electrons. The van der Waals surface area contributed by atoms with Crippen molar-refractivity contribution in [1.29, 1.82) is 0 Å². The lowest BCUT2D eigenvalue weighted by molar-refractivity contribution is 0.0692. The van der Waals surface area contributed by atoms with Gasteiger partial charge in [0.2, 0.25) is 0 Å². The van der Waals surface area contributed by atoms with Crippen molar-refractivity contribution in [3.63, 3.8) is 0 Å². The van der Waals surface area contributed by atoms with Gasteiger partial charge in [-0.15, -0.1) is 0 Å². The highest BCUT2D eigenvalue weighted by molar-refractivity contribution is 5.90. The number of carboxylic acid groups (broad SMARTS) is 1. The largest absolute Gasteiger partial charge is 0.478 e. The molecule has 2 aromatic carbocycles. The SMILES string of the molecule is O=C(O)c1cccc(-c2cc(F)c(F)c(F)c2)c1F. The van der Waals surface area contributed by atoms with Gasteiger partial charge in [0.05, 0.1) is 5.56 Å². The Morgan fingerprint density at radius 1 is 0.947 bits per heavy atom. The molecule has 0 aromatic heterocycles. The highest BCUT2D eigenvalue weighted by atomic mass is 19.2. The maximum atomic E-state index is 13.9. The molecule has 98 valence electrons. The summed E-state index contributed by atoms with van der Waals surface area (Å²) in [6.07, 6.45) is 0. The van der Waals surface area contributed by atoms with E-state index in [1.165, 1.54) is 6.07 Å². The fraction of sp³-hybridized carbons (Fsp3) is 0. The van der Waals surface area contributed by atoms with Crippen molar-refractivity contribution in [2.24, 2.45) is 0 Å². The van der Waals surface area contributed by atoms with Crippen LogP contribution in [0.25, 0.3) is 11.1 Å². The van der Waals surface area contributed by atoms with Gasteiger partial charge in [0.15, 0.2) is 17.5 Å². The van der Waals surface area contributed by atoms with Gasteiger partial charge in [-0.3, -0.25) is 0 Å². The summed E-state index contributed by atoms with van der Waals surface area (Å²) in [6.45, 7) is 0. The monoisotopic (exact) mass is 270 g/mol. The van der Waals surface area contributed by atoms with Gasteiger partial charge < -0.3 is 5.11 Å². The van der Waals surface area contributed by atoms with E-state index in [2.05, 4.69) is 0 Å². The summed E-state index contributed by atoms with van der Waals surface area (Å²) < 4.78 is 52.8. The molecule has 2 aromatic rings. The summed E-state index contributed by atoms with van der Waals surface area (Å²) >= 11 is 0. The number of aromatic carboxylic acids is 1. The molecule has 19 heavy (non-hydrogen) atoms. The van der Waals surface area contributed by atoms with Crippen LogP contribution in [0.5, 0.6) is 0 Å². The standard InChI is InChI=1S/C13H6F4O2/c14-9-4-6(5-10(15)12(9)17)7-2-1-3-8(11(7)16)13(18)19/h1-5H,(H,18,19). The summed E-state index contributed by atoms with van der Waals surface area (Å²) in [5.41, 5.74) is -1.24. The van der Waals surface area contributed by atoms with Gasteiger partial charge in [-0.25, -0.2) is 22.4 Å². The first-order valence-corrected chi connectivity index (χ1v) is 5.08. The summed E-state index contributed by atoms with van der Waals surface area (Å²) in [5.74, 6) is -7.27. The number of hydrogen-bond acceptors (Lipinski definition) is 1. The van der Waals surface area contributed by atoms with Crippen LogP contribution in [-0.2, 0) is 0 Å². The maximum Gasteiger partial charge on any atom is 0.338 e. The number of carbonyl (C=O) groups is 1. The minimum Gasteiger partial charge on any atom is -0.478 e. The van der Waals surface area contributed by atoms with Crippen LogP contribution in [0, 0.1) is 23.3 Å². The van der Waals surface area contributed by atoms with E-state index < -0.39 is 34.8 Å². The predicted octanol–water partition coefficient (Wildman–Crippen LogP) is 3.61. The average molecular weight is 270 g/mol. The fourth-order valence-electron chi connectivity index (χ4n) is 1.63. The number of rotatable bonds is 2. The highest BCUT2D eigenvalue weighted by Gasteiger charge is 2.18. The number of halogens is 4. The van der Waals surface area contributed by atoms with Crippen molar-refractivity contribution >= 4 is 5.97 Å². The van der Waals surface area contributed by atoms with E-state index in [1.807, 2.05) is 0 Å². The molecule has 0 spiro atoms. The van der Waals surface area contributed by atoms with Crippen LogP contribution in [0.15, 0.2) is 30.3 Å². The van der Waals surface area contributed by atoms with E-state index >= 15 is 0 Å². The molecule has 0 amide bonds. The Balaban J connectivity index is 2.66. The molecule has 1 N–H and O–H groups in total. The maximum absolute atomic E-state index is 13.9. The lowest BCUT2D eigenvalue weighted by atomic mass is 10.0. The second kappa shape index (κ2) is 4.72. The first kappa shape index (κ1) is 13.1. The fourth-order valence-corrected chi connectivity index (χ4v) is 1.63. The molecule has 2 rings (SSSR count). The number of benzene rings is 2. The first-order chi connectivity index (χ1) is 8.91. The lowest BCUT2D eigenvalue weighted by Gasteiger charge is -2.07. The van der Waals surface area contributed by atoms with Gasteiger partial charge in [-0.05, 0) is 23.8 Å². The Labute approximate surface area is 104 Å². The lowest BCUT2D eigenvalue weighted by Crippen LogP contribution is -2.02. The Hall–Kier alpha value is -2.37. The van der Waals surface area contributed by atoms with E-state index in [4.69, 9.17) is 5.11 Å². The molecule has 0 aliphatic carbocycles. The minimum atomic E-state index is -1.67. The zero-order valence-electron chi connectivity index (χ0n) is 9.25. The molecular weight excluding hydrogens is 264 g/mol. The van der Waals surface area contributed by atoms with Gasteiger partial charge >= 0.3 is 5.97 Å². The smallest absolute Gasteiger partial charge is 0.338 e. The minimum absolute atomic E-state index is 0.281. The quantitative estimate of drug-likeness (QED) is 0.668. The molecule has 0 aliphatic rings. The zero-order chi connectivity index (χ0) is 14.2. The summed E-state index contributed by atoms with van der Waals surface area (Å²) in [6, 6.07) is 4.58. The molecule has 0 aliphatic heterocycles. The molecule has 0 bridgehead atoms. The summed E-state index contributed by atoms with van der Waals surface area (Å²) in [7, 11) is 0. The van der Waals surface area contributed by atoms with E-state index in [-0.39, 0.29) is 11.1 Å².